The van der Waals surface area contributed by atoms with Gasteiger partial charge in [0.15, 0.2) is 17.5 Å². The van der Waals surface area contributed by atoms with E-state index in [1.807, 2.05) is 36.1 Å². The normalized spacial score (nSPS) is 18.8. The molecule has 0 N–H and O–H groups in total. The fraction of sp³-hybridized carbons (Fsp3) is 0.333. The first-order chi connectivity index (χ1) is 15.4. The van der Waals surface area contributed by atoms with Crippen LogP contribution in [0.1, 0.15) is 23.1 Å². The third kappa shape index (κ3) is 3.48. The van der Waals surface area contributed by atoms with Crippen molar-refractivity contribution < 1.29 is 18.0 Å². The lowest BCUT2D eigenvalue weighted by atomic mass is 9.99. The number of aryl methyl sites for hydroxylation is 1. The largest absolute Gasteiger partial charge is 0.314 e. The number of aliphatic imine (C=N–C) groups is 1. The summed E-state index contributed by atoms with van der Waals surface area (Å²) in [4.78, 5) is 23.9. The number of carbonyl (C=O) groups is 1. The van der Waals surface area contributed by atoms with E-state index >= 15 is 0 Å². The number of guanidine groups is 1. The van der Waals surface area contributed by atoms with Crippen LogP contribution >= 0.6 is 0 Å². The Kier molecular flexibility index (Phi) is 5.25. The second-order valence-corrected chi connectivity index (χ2v) is 8.37. The first-order valence-corrected chi connectivity index (χ1v) is 10.7. The zero-order valence-corrected chi connectivity index (χ0v) is 17.7. The monoisotopic (exact) mass is 440 g/mol. The van der Waals surface area contributed by atoms with Gasteiger partial charge in [-0.15, -0.1) is 0 Å². The Labute approximate surface area is 184 Å². The summed E-state index contributed by atoms with van der Waals surface area (Å²) in [5.41, 5.74) is 3.86. The van der Waals surface area contributed by atoms with Crippen molar-refractivity contribution in [2.24, 2.45) is 4.99 Å². The van der Waals surface area contributed by atoms with Crippen LogP contribution in [-0.4, -0.2) is 52.7 Å². The van der Waals surface area contributed by atoms with E-state index in [0.29, 0.717) is 44.1 Å². The van der Waals surface area contributed by atoms with Crippen molar-refractivity contribution in [3.63, 3.8) is 0 Å². The number of amides is 1. The molecule has 0 saturated heterocycles. The van der Waals surface area contributed by atoms with Gasteiger partial charge in [0.05, 0.1) is 18.7 Å². The van der Waals surface area contributed by atoms with Crippen LogP contribution < -0.4 is 0 Å². The van der Waals surface area contributed by atoms with Gasteiger partial charge in [0, 0.05) is 43.9 Å². The predicted octanol–water partition coefficient (Wildman–Crippen LogP) is 3.59. The van der Waals surface area contributed by atoms with E-state index in [0.717, 1.165) is 29.4 Å². The van der Waals surface area contributed by atoms with E-state index in [2.05, 4.69) is 9.89 Å². The quantitative estimate of drug-likeness (QED) is 0.683. The first kappa shape index (κ1) is 20.8. The van der Waals surface area contributed by atoms with E-state index in [1.165, 1.54) is 6.07 Å². The second kappa shape index (κ2) is 8.09. The lowest BCUT2D eigenvalue weighted by molar-refractivity contribution is -0.125. The van der Waals surface area contributed by atoms with Gasteiger partial charge in [0.25, 0.3) is 5.91 Å². The Bertz CT molecular complexity index is 1160. The molecule has 0 unspecified atom stereocenters. The van der Waals surface area contributed by atoms with E-state index in [-0.39, 0.29) is 18.0 Å². The minimum absolute atomic E-state index is 0.0800. The van der Waals surface area contributed by atoms with Crippen molar-refractivity contribution in [1.29, 1.82) is 0 Å². The lowest BCUT2D eigenvalue weighted by Gasteiger charge is -2.42. The average Bonchev–Trinajstić information content (AvgIpc) is 3.28. The highest BCUT2D eigenvalue weighted by Gasteiger charge is 2.41. The second-order valence-electron chi connectivity index (χ2n) is 8.37. The maximum absolute atomic E-state index is 14.2. The van der Waals surface area contributed by atoms with Crippen LogP contribution in [0.4, 0.5) is 13.2 Å². The molecule has 3 heterocycles. The molecule has 0 aromatic heterocycles. The molecule has 2 aromatic carbocycles. The molecule has 0 saturated carbocycles. The van der Waals surface area contributed by atoms with Gasteiger partial charge in [-0.25, -0.2) is 13.2 Å². The maximum Gasteiger partial charge on any atom is 0.259 e. The minimum atomic E-state index is -1.46. The molecule has 0 fully saturated rings. The van der Waals surface area contributed by atoms with Crippen molar-refractivity contribution in [2.75, 3.05) is 26.2 Å². The molecule has 3 aliphatic heterocycles. The summed E-state index contributed by atoms with van der Waals surface area (Å²) in [6, 6.07) is 10.1. The van der Waals surface area contributed by atoms with Gasteiger partial charge >= 0.3 is 0 Å². The summed E-state index contributed by atoms with van der Waals surface area (Å²) in [5, 5.41) is 0. The maximum atomic E-state index is 14.2. The smallest absolute Gasteiger partial charge is 0.259 e. The van der Waals surface area contributed by atoms with E-state index in [9.17, 15) is 18.0 Å². The molecule has 1 amide bonds. The highest BCUT2D eigenvalue weighted by molar-refractivity contribution is 6.09. The van der Waals surface area contributed by atoms with Gasteiger partial charge < -0.3 is 4.90 Å². The van der Waals surface area contributed by atoms with Crippen LogP contribution in [0.15, 0.2) is 52.7 Å². The molecule has 0 atom stereocenters. The molecule has 166 valence electrons. The molecule has 2 aromatic rings. The Balaban J connectivity index is 1.41. The minimum Gasteiger partial charge on any atom is -0.314 e. The number of rotatable bonds is 4. The van der Waals surface area contributed by atoms with Crippen LogP contribution in [0.2, 0.25) is 0 Å². The number of hydrogen-bond donors (Lipinski definition) is 0. The third-order valence-electron chi connectivity index (χ3n) is 6.38. The fourth-order valence-electron chi connectivity index (χ4n) is 4.64. The molecule has 0 radical (unpaired) electrons. The molecular formula is C24H23F3N4O. The SMILES string of the molecule is Cc1ccccc1CN1C(=O)C2=C(CCN(Cc3ccc(F)c(F)c3F)C2)N2CCN=C12. The molecular weight excluding hydrogens is 417 g/mol. The van der Waals surface area contributed by atoms with Gasteiger partial charge in [-0.3, -0.25) is 19.6 Å². The zero-order chi connectivity index (χ0) is 22.4. The van der Waals surface area contributed by atoms with E-state index < -0.39 is 17.5 Å². The molecule has 5 rings (SSSR count). The van der Waals surface area contributed by atoms with Crippen LogP contribution in [0, 0.1) is 24.4 Å². The van der Waals surface area contributed by atoms with Gasteiger partial charge in [-0.1, -0.05) is 30.3 Å². The molecule has 0 aliphatic carbocycles. The van der Waals surface area contributed by atoms with Crippen molar-refractivity contribution in [2.45, 2.75) is 26.4 Å². The number of nitrogens with zero attached hydrogens (tertiary/aromatic N) is 4. The number of hydrogen-bond acceptors (Lipinski definition) is 4. The van der Waals surface area contributed by atoms with Crippen molar-refractivity contribution in [1.82, 2.24) is 14.7 Å². The Hall–Kier alpha value is -3.13. The van der Waals surface area contributed by atoms with Gasteiger partial charge in [-0.2, -0.15) is 0 Å². The lowest BCUT2D eigenvalue weighted by Crippen LogP contribution is -2.53. The van der Waals surface area contributed by atoms with Gasteiger partial charge in [0.1, 0.15) is 0 Å². The molecule has 32 heavy (non-hydrogen) atoms. The van der Waals surface area contributed by atoms with E-state index in [4.69, 9.17) is 0 Å². The highest BCUT2D eigenvalue weighted by Crippen LogP contribution is 2.32. The Morgan fingerprint density at radius 3 is 2.59 bits per heavy atom. The fourth-order valence-corrected chi connectivity index (χ4v) is 4.64. The van der Waals surface area contributed by atoms with Crippen LogP contribution in [0.25, 0.3) is 0 Å². The van der Waals surface area contributed by atoms with E-state index in [1.54, 1.807) is 4.90 Å². The van der Waals surface area contributed by atoms with Crippen LogP contribution in [-0.2, 0) is 17.9 Å². The van der Waals surface area contributed by atoms with Gasteiger partial charge in [0.2, 0.25) is 5.96 Å². The van der Waals surface area contributed by atoms with Crippen molar-refractivity contribution in [3.05, 3.63) is 81.8 Å². The number of halogens is 3. The standard InChI is InChI=1S/C24H23F3N4O/c1-15-4-2-3-5-16(15)13-31-23(32)18-14-29(10-8-20(18)30-11-9-28-24(30)31)12-17-6-7-19(25)22(27)21(17)26/h2-7H,8-14H2,1H3. The number of fused-ring (bicyclic) bond motifs is 2. The summed E-state index contributed by atoms with van der Waals surface area (Å²) < 4.78 is 41.1. The summed E-state index contributed by atoms with van der Waals surface area (Å²) in [7, 11) is 0. The van der Waals surface area contributed by atoms with Crippen LogP contribution in [0.3, 0.4) is 0 Å². The molecule has 8 heteroatoms. The Morgan fingerprint density at radius 2 is 1.78 bits per heavy atom. The summed E-state index contributed by atoms with van der Waals surface area (Å²) in [5.74, 6) is -3.25. The highest BCUT2D eigenvalue weighted by atomic mass is 19.2. The number of carbonyl (C=O) groups excluding carboxylic acids is 1. The zero-order valence-electron chi connectivity index (χ0n) is 17.7. The average molecular weight is 440 g/mol. The summed E-state index contributed by atoms with van der Waals surface area (Å²) in [6.07, 6.45) is 0.615. The Morgan fingerprint density at radius 1 is 0.969 bits per heavy atom. The summed E-state index contributed by atoms with van der Waals surface area (Å²) in [6.45, 7) is 4.81. The molecule has 0 bridgehead atoms. The van der Waals surface area contributed by atoms with Crippen molar-refractivity contribution >= 4 is 11.9 Å². The molecule has 5 nitrogen and oxygen atoms in total. The molecule has 3 aliphatic rings. The third-order valence-corrected chi connectivity index (χ3v) is 6.38. The van der Waals surface area contributed by atoms with Gasteiger partial charge in [-0.05, 0) is 24.1 Å². The van der Waals surface area contributed by atoms with Crippen LogP contribution in [0.5, 0.6) is 0 Å². The first-order valence-electron chi connectivity index (χ1n) is 10.7. The summed E-state index contributed by atoms with van der Waals surface area (Å²) >= 11 is 0. The molecule has 0 spiro atoms. The topological polar surface area (TPSA) is 39.2 Å². The number of benzene rings is 2. The van der Waals surface area contributed by atoms with Crippen molar-refractivity contribution in [3.8, 4) is 0 Å². The predicted molar refractivity (Wildman–Crippen MR) is 114 cm³/mol.